The minimum absolute atomic E-state index is 0.0343. The molecule has 1 fully saturated rings. The molecule has 1 N–H and O–H groups in total. The molecule has 220 valence electrons. The van der Waals surface area contributed by atoms with Gasteiger partial charge in [0.2, 0.25) is 11.8 Å². The number of carbonyl (C=O) groups excluding carboxylic acids is 3. The molecular weight excluding hydrogens is 558 g/mol. The van der Waals surface area contributed by atoms with Crippen LogP contribution in [0.15, 0.2) is 91.0 Å². The molecule has 1 aliphatic heterocycles. The summed E-state index contributed by atoms with van der Waals surface area (Å²) >= 11 is 6.31. The van der Waals surface area contributed by atoms with Crippen molar-refractivity contribution in [2.45, 2.75) is 63.6 Å². The maximum absolute atomic E-state index is 14.1. The third-order valence-electron chi connectivity index (χ3n) is 8.64. The quantitative estimate of drug-likeness (QED) is 0.205. The van der Waals surface area contributed by atoms with Gasteiger partial charge in [-0.15, -0.1) is 0 Å². The zero-order chi connectivity index (χ0) is 29.8. The van der Waals surface area contributed by atoms with E-state index in [4.69, 9.17) is 11.6 Å². The Kier molecular flexibility index (Phi) is 8.75. The molecular formula is C36H36ClN3O3. The number of nitrogens with zero attached hydrogens (tertiary/aromatic N) is 2. The van der Waals surface area contributed by atoms with Gasteiger partial charge in [0.15, 0.2) is 0 Å². The summed E-state index contributed by atoms with van der Waals surface area (Å²) < 4.78 is 0. The van der Waals surface area contributed by atoms with Crippen LogP contribution in [-0.2, 0) is 22.6 Å². The van der Waals surface area contributed by atoms with Crippen molar-refractivity contribution in [3.8, 4) is 0 Å². The molecule has 0 aromatic heterocycles. The number of carbonyl (C=O) groups is 3. The van der Waals surface area contributed by atoms with Crippen LogP contribution in [0.1, 0.15) is 60.0 Å². The predicted octanol–water partition coefficient (Wildman–Crippen LogP) is 6.93. The number of halogens is 1. The van der Waals surface area contributed by atoms with Gasteiger partial charge in [0, 0.05) is 47.9 Å². The molecule has 0 saturated heterocycles. The van der Waals surface area contributed by atoms with E-state index >= 15 is 0 Å². The molecule has 1 atom stereocenters. The van der Waals surface area contributed by atoms with Crippen molar-refractivity contribution < 1.29 is 14.4 Å². The molecule has 0 unspecified atom stereocenters. The summed E-state index contributed by atoms with van der Waals surface area (Å²) in [5.41, 5.74) is 3.45. The smallest absolute Gasteiger partial charge is 0.258 e. The van der Waals surface area contributed by atoms with Crippen molar-refractivity contribution in [3.05, 3.63) is 113 Å². The van der Waals surface area contributed by atoms with Gasteiger partial charge in [-0.3, -0.25) is 14.4 Å². The molecule has 43 heavy (non-hydrogen) atoms. The van der Waals surface area contributed by atoms with Crippen molar-refractivity contribution in [3.63, 3.8) is 0 Å². The van der Waals surface area contributed by atoms with Gasteiger partial charge in [-0.25, -0.2) is 0 Å². The highest BCUT2D eigenvalue weighted by Gasteiger charge is 2.33. The lowest BCUT2D eigenvalue weighted by molar-refractivity contribution is -0.141. The Hall–Kier alpha value is -4.16. The number of benzene rings is 4. The topological polar surface area (TPSA) is 69.7 Å². The van der Waals surface area contributed by atoms with E-state index in [2.05, 4.69) is 5.32 Å². The molecule has 3 amide bonds. The van der Waals surface area contributed by atoms with Crippen LogP contribution in [-0.4, -0.2) is 41.2 Å². The van der Waals surface area contributed by atoms with Crippen LogP contribution in [0.25, 0.3) is 10.8 Å². The number of rotatable bonds is 11. The summed E-state index contributed by atoms with van der Waals surface area (Å²) in [6, 6.07) is 28.5. The van der Waals surface area contributed by atoms with E-state index in [1.54, 1.807) is 15.9 Å². The van der Waals surface area contributed by atoms with Crippen molar-refractivity contribution >= 4 is 45.8 Å². The number of anilines is 1. The summed E-state index contributed by atoms with van der Waals surface area (Å²) in [6.07, 6.45) is 5.23. The number of nitrogens with one attached hydrogen (secondary N) is 1. The highest BCUT2D eigenvalue weighted by Crippen LogP contribution is 2.37. The van der Waals surface area contributed by atoms with Gasteiger partial charge in [0.1, 0.15) is 6.04 Å². The maximum atomic E-state index is 14.1. The summed E-state index contributed by atoms with van der Waals surface area (Å²) in [6.45, 7) is 0.684. The lowest BCUT2D eigenvalue weighted by Crippen LogP contribution is -2.52. The minimum atomic E-state index is -0.680. The highest BCUT2D eigenvalue weighted by molar-refractivity contribution is 6.30. The Labute approximate surface area is 257 Å². The molecule has 6 nitrogen and oxygen atoms in total. The fraction of sp³-hybridized carbons (Fsp3) is 0.306. The van der Waals surface area contributed by atoms with Crippen molar-refractivity contribution in [2.24, 2.45) is 0 Å². The van der Waals surface area contributed by atoms with E-state index in [-0.39, 0.29) is 36.7 Å². The molecule has 0 bridgehead atoms. The van der Waals surface area contributed by atoms with Gasteiger partial charge in [0.25, 0.3) is 5.91 Å². The van der Waals surface area contributed by atoms with Crippen LogP contribution in [0.4, 0.5) is 5.69 Å². The molecule has 4 aromatic carbocycles. The maximum Gasteiger partial charge on any atom is 0.258 e. The van der Waals surface area contributed by atoms with Crippen LogP contribution in [0.2, 0.25) is 5.02 Å². The number of hydrogen-bond donors (Lipinski definition) is 1. The average molecular weight is 594 g/mol. The lowest BCUT2D eigenvalue weighted by atomic mass is 10.0. The van der Waals surface area contributed by atoms with Gasteiger partial charge >= 0.3 is 0 Å². The minimum Gasteiger partial charge on any atom is -0.352 e. The highest BCUT2D eigenvalue weighted by atomic mass is 35.5. The number of hydrogen-bond acceptors (Lipinski definition) is 3. The summed E-state index contributed by atoms with van der Waals surface area (Å²) in [5, 5.41) is 5.83. The summed E-state index contributed by atoms with van der Waals surface area (Å²) in [4.78, 5) is 44.7. The van der Waals surface area contributed by atoms with Crippen LogP contribution in [0.3, 0.4) is 0 Å². The normalized spacial score (nSPS) is 15.2. The molecule has 4 aromatic rings. The van der Waals surface area contributed by atoms with Gasteiger partial charge in [0.05, 0.1) is 5.69 Å². The SMILES string of the molecule is O=C(NC1CCCC1)[C@H](Cc1ccccc1)N(Cc1cccc(Cl)c1)C(=O)CCCN1C(=O)c2cccc3cccc1c23. The molecule has 0 spiro atoms. The van der Waals surface area contributed by atoms with Gasteiger partial charge in [-0.1, -0.05) is 91.2 Å². The first-order valence-electron chi connectivity index (χ1n) is 15.2. The van der Waals surface area contributed by atoms with E-state index in [0.717, 1.165) is 53.3 Å². The molecule has 1 heterocycles. The standard InChI is InChI=1S/C36H36ClN3O3/c37-28-15-6-12-26(22-28)24-40(32(23-25-10-2-1-3-11-25)35(42)38-29-16-4-5-17-29)33(41)20-9-21-39-31-19-8-14-27-13-7-18-30(34(27)31)36(39)43/h1-3,6-8,10-15,18-19,22,29,32H,4-5,9,16-17,20-21,23-24H2,(H,38,42)/t32-/m0/s1. The van der Waals surface area contributed by atoms with E-state index < -0.39 is 6.04 Å². The second-order valence-corrected chi connectivity index (χ2v) is 12.0. The zero-order valence-corrected chi connectivity index (χ0v) is 24.9. The molecule has 2 aliphatic rings. The Morgan fingerprint density at radius 2 is 1.63 bits per heavy atom. The average Bonchev–Trinajstić information content (AvgIpc) is 3.63. The fourth-order valence-electron chi connectivity index (χ4n) is 6.49. The third kappa shape index (κ3) is 6.45. The van der Waals surface area contributed by atoms with E-state index in [0.29, 0.717) is 30.0 Å². The molecule has 7 heteroatoms. The first-order chi connectivity index (χ1) is 21.0. The van der Waals surface area contributed by atoms with Crippen molar-refractivity contribution in [1.82, 2.24) is 10.2 Å². The van der Waals surface area contributed by atoms with Gasteiger partial charge in [-0.2, -0.15) is 0 Å². The Morgan fingerprint density at radius 1 is 0.907 bits per heavy atom. The van der Waals surface area contributed by atoms with Gasteiger partial charge in [-0.05, 0) is 60.0 Å². The largest absolute Gasteiger partial charge is 0.352 e. The Balaban J connectivity index is 1.23. The molecule has 1 aliphatic carbocycles. The summed E-state index contributed by atoms with van der Waals surface area (Å²) in [7, 11) is 0. The predicted molar refractivity (Wildman–Crippen MR) is 171 cm³/mol. The first-order valence-corrected chi connectivity index (χ1v) is 15.6. The summed E-state index contributed by atoms with van der Waals surface area (Å²) in [5.74, 6) is -0.277. The second kappa shape index (κ2) is 13.0. The number of amides is 3. The lowest BCUT2D eigenvalue weighted by Gasteiger charge is -2.32. The first kappa shape index (κ1) is 28.9. The monoisotopic (exact) mass is 593 g/mol. The van der Waals surface area contributed by atoms with E-state index in [1.807, 2.05) is 84.9 Å². The Morgan fingerprint density at radius 3 is 2.40 bits per heavy atom. The van der Waals surface area contributed by atoms with Crippen molar-refractivity contribution in [1.29, 1.82) is 0 Å². The van der Waals surface area contributed by atoms with Crippen LogP contribution in [0, 0.1) is 0 Å². The van der Waals surface area contributed by atoms with E-state index in [9.17, 15) is 14.4 Å². The molecule has 1 saturated carbocycles. The van der Waals surface area contributed by atoms with Crippen LogP contribution in [0.5, 0.6) is 0 Å². The van der Waals surface area contributed by atoms with Crippen molar-refractivity contribution in [2.75, 3.05) is 11.4 Å². The van der Waals surface area contributed by atoms with E-state index in [1.165, 1.54) is 0 Å². The molecule has 0 radical (unpaired) electrons. The second-order valence-electron chi connectivity index (χ2n) is 11.6. The molecule has 6 rings (SSSR count). The van der Waals surface area contributed by atoms with Crippen LogP contribution >= 0.6 is 11.6 Å². The third-order valence-corrected chi connectivity index (χ3v) is 8.87. The van der Waals surface area contributed by atoms with Crippen LogP contribution < -0.4 is 10.2 Å². The zero-order valence-electron chi connectivity index (χ0n) is 24.2. The Bertz CT molecular complexity index is 1630. The van der Waals surface area contributed by atoms with Gasteiger partial charge < -0.3 is 15.1 Å². The fourth-order valence-corrected chi connectivity index (χ4v) is 6.70.